The van der Waals surface area contributed by atoms with Crippen LogP contribution in [0.5, 0.6) is 0 Å². The van der Waals surface area contributed by atoms with Gasteiger partial charge >= 0.3 is 0 Å². The van der Waals surface area contributed by atoms with Crippen molar-refractivity contribution in [3.05, 3.63) is 0 Å². The van der Waals surface area contributed by atoms with E-state index in [1.807, 2.05) is 12.1 Å². The number of aliphatic hydroxyl groups excluding tert-OH is 1. The molecule has 0 bridgehead atoms. The van der Waals surface area contributed by atoms with Crippen LogP contribution in [0.3, 0.4) is 0 Å². The Morgan fingerprint density at radius 3 is 1.56 bits per heavy atom. The summed E-state index contributed by atoms with van der Waals surface area (Å²) in [5.41, 5.74) is 0. The number of aliphatic hydroxyl groups is 1. The summed E-state index contributed by atoms with van der Waals surface area (Å²) in [6, 6.07) is 3.69. The predicted molar refractivity (Wildman–Crippen MR) is 33.2 cm³/mol. The van der Waals surface area contributed by atoms with Gasteiger partial charge in [-0.1, -0.05) is 0 Å². The number of unbranched alkanes of at least 4 members (excludes halogenated alkanes) is 1. The number of hydrogen-bond acceptors (Lipinski definition) is 3. The molecule has 3 heteroatoms. The van der Waals surface area contributed by atoms with Crippen molar-refractivity contribution in [3.8, 4) is 12.1 Å². The van der Waals surface area contributed by atoms with E-state index >= 15 is 0 Å². The van der Waals surface area contributed by atoms with E-state index in [2.05, 4.69) is 0 Å². The molecule has 0 atom stereocenters. The van der Waals surface area contributed by atoms with Crippen molar-refractivity contribution in [1.29, 1.82) is 10.5 Å². The van der Waals surface area contributed by atoms with Crippen molar-refractivity contribution < 1.29 is 5.11 Å². The fourth-order valence-electron chi connectivity index (χ4n) is 0.112. The van der Waals surface area contributed by atoms with Crippen LogP contribution < -0.4 is 0 Å². The Balaban J connectivity index is 0. The molecule has 9 heavy (non-hydrogen) atoms. The van der Waals surface area contributed by atoms with Crippen molar-refractivity contribution in [2.45, 2.75) is 19.8 Å². The molecule has 0 radical (unpaired) electrons. The van der Waals surface area contributed by atoms with E-state index in [0.29, 0.717) is 12.8 Å². The maximum absolute atomic E-state index is 7.80. The van der Waals surface area contributed by atoms with Crippen LogP contribution in [0.1, 0.15) is 19.8 Å². The summed E-state index contributed by atoms with van der Waals surface area (Å²) in [7, 11) is 0. The Hall–Kier alpha value is -1.06. The largest absolute Gasteiger partial charge is 0.397 e. The lowest BCUT2D eigenvalue weighted by Crippen LogP contribution is -1.58. The fourth-order valence-corrected chi connectivity index (χ4v) is 0.112. The van der Waals surface area contributed by atoms with Gasteiger partial charge in [0.15, 0.2) is 0 Å². The zero-order valence-electron chi connectivity index (χ0n) is 5.46. The molecular weight excluding hydrogens is 116 g/mol. The van der Waals surface area contributed by atoms with Crippen LogP contribution in [-0.2, 0) is 0 Å². The van der Waals surface area contributed by atoms with Crippen LogP contribution in [0, 0.1) is 22.7 Å². The molecule has 0 aliphatic heterocycles. The van der Waals surface area contributed by atoms with E-state index < -0.39 is 0 Å². The van der Waals surface area contributed by atoms with E-state index in [-0.39, 0.29) is 6.61 Å². The topological polar surface area (TPSA) is 67.8 Å². The first-order chi connectivity index (χ1) is 4.33. The number of nitrogens with zero attached hydrogens (tertiary/aromatic N) is 2. The molecule has 1 N–H and O–H groups in total. The minimum atomic E-state index is 0.250. The van der Waals surface area contributed by atoms with Crippen molar-refractivity contribution in [2.24, 2.45) is 0 Å². The van der Waals surface area contributed by atoms with E-state index in [4.69, 9.17) is 15.6 Å². The molecule has 0 saturated carbocycles. The number of rotatable bonds is 1. The van der Waals surface area contributed by atoms with Crippen LogP contribution in [0.2, 0.25) is 0 Å². The Morgan fingerprint density at radius 1 is 1.22 bits per heavy atom. The van der Waals surface area contributed by atoms with Gasteiger partial charge in [-0.15, -0.1) is 0 Å². The second-order valence-corrected chi connectivity index (χ2v) is 1.13. The van der Waals surface area contributed by atoms with Crippen molar-refractivity contribution in [1.82, 2.24) is 0 Å². The molecule has 0 rings (SSSR count). The number of hydrogen-bond donors (Lipinski definition) is 1. The predicted octanol–water partition coefficient (Wildman–Crippen LogP) is 0.812. The van der Waals surface area contributed by atoms with Gasteiger partial charge in [-0.2, -0.15) is 10.5 Å². The molecule has 0 fully saturated rings. The Morgan fingerprint density at radius 2 is 1.44 bits per heavy atom. The van der Waals surface area contributed by atoms with Crippen molar-refractivity contribution in [2.75, 3.05) is 6.61 Å². The third-order valence-electron chi connectivity index (χ3n) is 0.349. The highest BCUT2D eigenvalue weighted by Gasteiger charge is 1.72. The molecule has 0 amide bonds. The average molecular weight is 126 g/mol. The van der Waals surface area contributed by atoms with Crippen LogP contribution in [0.25, 0.3) is 0 Å². The standard InChI is InChI=1S/C4H4N2.C2H6O/c5-3-1-2-4-6;1-2-3/h1-2H2;3H,2H2,1H3. The Labute approximate surface area is 55.1 Å². The summed E-state index contributed by atoms with van der Waals surface area (Å²) in [5, 5.41) is 23.2. The van der Waals surface area contributed by atoms with Crippen molar-refractivity contribution >= 4 is 0 Å². The summed E-state index contributed by atoms with van der Waals surface area (Å²) >= 11 is 0. The van der Waals surface area contributed by atoms with Crippen LogP contribution >= 0.6 is 0 Å². The lowest BCUT2D eigenvalue weighted by atomic mass is 10.4. The Bertz CT molecular complexity index is 95.2. The maximum Gasteiger partial charge on any atom is 0.0632 e. The molecule has 0 aromatic rings. The highest BCUT2D eigenvalue weighted by Crippen LogP contribution is 1.78. The van der Waals surface area contributed by atoms with Gasteiger partial charge in [0.2, 0.25) is 0 Å². The van der Waals surface area contributed by atoms with Crippen LogP contribution in [0.15, 0.2) is 0 Å². The SMILES string of the molecule is CCO.N#CCCC#N. The van der Waals surface area contributed by atoms with Gasteiger partial charge in [0.05, 0.1) is 12.1 Å². The molecule has 0 heterocycles. The monoisotopic (exact) mass is 126 g/mol. The maximum atomic E-state index is 7.80. The van der Waals surface area contributed by atoms with Gasteiger partial charge in [-0.3, -0.25) is 0 Å². The van der Waals surface area contributed by atoms with E-state index in [9.17, 15) is 0 Å². The molecule has 0 aromatic heterocycles. The molecular formula is C6H10N2O. The smallest absolute Gasteiger partial charge is 0.0632 e. The summed E-state index contributed by atoms with van der Waals surface area (Å²) in [6.07, 6.45) is 0.715. The fraction of sp³-hybridized carbons (Fsp3) is 0.667. The molecule has 3 nitrogen and oxygen atoms in total. The zero-order valence-corrected chi connectivity index (χ0v) is 5.46. The minimum absolute atomic E-state index is 0.250. The molecule has 0 aliphatic carbocycles. The van der Waals surface area contributed by atoms with E-state index in [0.717, 1.165) is 0 Å². The molecule has 50 valence electrons. The molecule has 0 unspecified atom stereocenters. The average Bonchev–Trinajstić information content (AvgIpc) is 1.86. The molecule has 0 aromatic carbocycles. The summed E-state index contributed by atoms with van der Waals surface area (Å²) in [5.74, 6) is 0. The van der Waals surface area contributed by atoms with E-state index in [1.165, 1.54) is 0 Å². The van der Waals surface area contributed by atoms with Gasteiger partial charge in [0.25, 0.3) is 0 Å². The van der Waals surface area contributed by atoms with Crippen molar-refractivity contribution in [3.63, 3.8) is 0 Å². The van der Waals surface area contributed by atoms with Crippen LogP contribution in [0.4, 0.5) is 0 Å². The van der Waals surface area contributed by atoms with Gasteiger partial charge in [0, 0.05) is 19.4 Å². The van der Waals surface area contributed by atoms with Gasteiger partial charge in [0.1, 0.15) is 0 Å². The quantitative estimate of drug-likeness (QED) is 0.528. The Kier molecular flexibility index (Phi) is 19.0. The van der Waals surface area contributed by atoms with Gasteiger partial charge in [-0.05, 0) is 6.92 Å². The summed E-state index contributed by atoms with van der Waals surface area (Å²) in [6.45, 7) is 1.93. The third kappa shape index (κ3) is 45.0. The highest BCUT2D eigenvalue weighted by atomic mass is 16.2. The van der Waals surface area contributed by atoms with Crippen LogP contribution in [-0.4, -0.2) is 11.7 Å². The normalized spacial score (nSPS) is 5.78. The molecule has 0 saturated heterocycles. The minimum Gasteiger partial charge on any atom is -0.397 e. The molecule has 0 spiro atoms. The molecule has 0 aliphatic rings. The lowest BCUT2D eigenvalue weighted by molar-refractivity contribution is 0.318. The second kappa shape index (κ2) is 15.8. The van der Waals surface area contributed by atoms with Gasteiger partial charge < -0.3 is 5.11 Å². The summed E-state index contributed by atoms with van der Waals surface area (Å²) in [4.78, 5) is 0. The lowest BCUT2D eigenvalue weighted by Gasteiger charge is -1.63. The highest BCUT2D eigenvalue weighted by molar-refractivity contribution is 4.78. The first kappa shape index (κ1) is 10.8. The second-order valence-electron chi connectivity index (χ2n) is 1.13. The summed E-state index contributed by atoms with van der Waals surface area (Å²) < 4.78 is 0. The third-order valence-corrected chi connectivity index (χ3v) is 0.349. The van der Waals surface area contributed by atoms with Gasteiger partial charge in [-0.25, -0.2) is 0 Å². The zero-order chi connectivity index (χ0) is 7.54. The first-order valence-corrected chi connectivity index (χ1v) is 2.68. The number of nitriles is 2. The first-order valence-electron chi connectivity index (χ1n) is 2.68. The van der Waals surface area contributed by atoms with E-state index in [1.54, 1.807) is 6.92 Å².